The molecule has 1 aliphatic rings. The number of aryl methyl sites for hydroxylation is 2. The van der Waals surface area contributed by atoms with E-state index in [4.69, 9.17) is 6.57 Å². The van der Waals surface area contributed by atoms with Crippen molar-refractivity contribution in [2.75, 3.05) is 11.9 Å². The summed E-state index contributed by atoms with van der Waals surface area (Å²) in [6.45, 7) is 9.95. The highest BCUT2D eigenvalue weighted by molar-refractivity contribution is 6.00. The minimum Gasteiger partial charge on any atom is -0.337 e. The zero-order valence-corrected chi connectivity index (χ0v) is 16.6. The van der Waals surface area contributed by atoms with Crippen LogP contribution in [-0.4, -0.2) is 49.4 Å². The number of anilines is 1. The molecule has 0 spiro atoms. The number of nitrogens with one attached hydrogen (secondary N) is 1. The summed E-state index contributed by atoms with van der Waals surface area (Å²) in [4.78, 5) is 34.5. The molecule has 0 fully saturated rings. The molecule has 0 unspecified atom stereocenters. The standard InChI is InChI=1S/C20H20N8O2/c1-13-10-17-26(3)20(30)16(8-9-28(17)24-13)23-19(29)18-22-12-27(25-18)11-14-6-4-5-7-15(14)21-2/h4-7,10,12,16H,8-9,11H2,1,3H3,(H,23,29)/t16-/m0/s1. The number of hydrogen-bond donors (Lipinski definition) is 1. The first-order valence-electron chi connectivity index (χ1n) is 9.44. The molecule has 0 bridgehead atoms. The lowest BCUT2D eigenvalue weighted by atomic mass is 10.2. The van der Waals surface area contributed by atoms with E-state index in [2.05, 4.69) is 25.3 Å². The van der Waals surface area contributed by atoms with Gasteiger partial charge in [0.2, 0.25) is 5.82 Å². The number of rotatable bonds is 4. The van der Waals surface area contributed by atoms with Crippen LogP contribution in [0.5, 0.6) is 0 Å². The largest absolute Gasteiger partial charge is 0.337 e. The zero-order chi connectivity index (χ0) is 21.3. The molecule has 10 heteroatoms. The number of nitrogens with zero attached hydrogens (tertiary/aromatic N) is 7. The summed E-state index contributed by atoms with van der Waals surface area (Å²) >= 11 is 0. The minimum atomic E-state index is -0.695. The fourth-order valence-corrected chi connectivity index (χ4v) is 3.45. The fourth-order valence-electron chi connectivity index (χ4n) is 3.45. The van der Waals surface area contributed by atoms with Crippen molar-refractivity contribution < 1.29 is 9.59 Å². The third-order valence-corrected chi connectivity index (χ3v) is 4.97. The molecule has 10 nitrogen and oxygen atoms in total. The number of amides is 2. The Balaban J connectivity index is 1.45. The lowest BCUT2D eigenvalue weighted by Crippen LogP contribution is -2.47. The van der Waals surface area contributed by atoms with E-state index in [1.807, 2.05) is 25.1 Å². The minimum absolute atomic E-state index is 0.0245. The molecular formula is C20H20N8O2. The number of benzene rings is 1. The Morgan fingerprint density at radius 3 is 2.93 bits per heavy atom. The summed E-state index contributed by atoms with van der Waals surface area (Å²) in [6.07, 6.45) is 1.86. The summed E-state index contributed by atoms with van der Waals surface area (Å²) in [5, 5.41) is 11.3. The molecular weight excluding hydrogens is 384 g/mol. The quantitative estimate of drug-likeness (QED) is 0.665. The van der Waals surface area contributed by atoms with Gasteiger partial charge in [-0.1, -0.05) is 24.3 Å². The molecule has 2 aromatic heterocycles. The Kier molecular flexibility index (Phi) is 5.02. The fraction of sp³-hybridized carbons (Fsp3) is 0.300. The van der Waals surface area contributed by atoms with Gasteiger partial charge in [0.15, 0.2) is 5.69 Å². The molecule has 0 radical (unpaired) electrons. The summed E-state index contributed by atoms with van der Waals surface area (Å²) in [7, 11) is 1.67. The van der Waals surface area contributed by atoms with Crippen LogP contribution in [-0.2, 0) is 17.9 Å². The molecule has 3 heterocycles. The Labute approximate surface area is 172 Å². The molecule has 1 aliphatic heterocycles. The molecule has 1 N–H and O–H groups in total. The average Bonchev–Trinajstić information content (AvgIpc) is 3.34. The highest BCUT2D eigenvalue weighted by atomic mass is 16.2. The normalized spacial score (nSPS) is 16.0. The van der Waals surface area contributed by atoms with Crippen molar-refractivity contribution in [3.63, 3.8) is 0 Å². The first-order chi connectivity index (χ1) is 14.5. The third-order valence-electron chi connectivity index (χ3n) is 4.97. The van der Waals surface area contributed by atoms with Gasteiger partial charge in [-0.05, 0) is 18.9 Å². The van der Waals surface area contributed by atoms with Gasteiger partial charge >= 0.3 is 0 Å². The van der Waals surface area contributed by atoms with Gasteiger partial charge in [0.25, 0.3) is 11.8 Å². The second-order valence-corrected chi connectivity index (χ2v) is 7.09. The Bertz CT molecular complexity index is 1160. The topological polar surface area (TPSA) is 102 Å². The predicted molar refractivity (Wildman–Crippen MR) is 108 cm³/mol. The van der Waals surface area contributed by atoms with Crippen LogP contribution in [0.3, 0.4) is 0 Å². The van der Waals surface area contributed by atoms with Crippen molar-refractivity contribution in [3.8, 4) is 0 Å². The van der Waals surface area contributed by atoms with Crippen LogP contribution in [0.4, 0.5) is 11.5 Å². The van der Waals surface area contributed by atoms with Crippen LogP contribution >= 0.6 is 0 Å². The van der Waals surface area contributed by atoms with E-state index in [1.54, 1.807) is 23.9 Å². The smallest absolute Gasteiger partial charge is 0.291 e. The maximum atomic E-state index is 12.8. The Morgan fingerprint density at radius 1 is 1.33 bits per heavy atom. The zero-order valence-electron chi connectivity index (χ0n) is 16.6. The first kappa shape index (κ1) is 19.3. The second kappa shape index (κ2) is 7.79. The molecule has 0 aliphatic carbocycles. The second-order valence-electron chi connectivity index (χ2n) is 7.09. The van der Waals surface area contributed by atoms with Gasteiger partial charge < -0.3 is 5.32 Å². The van der Waals surface area contributed by atoms with E-state index < -0.39 is 11.9 Å². The van der Waals surface area contributed by atoms with E-state index in [-0.39, 0.29) is 11.7 Å². The van der Waals surface area contributed by atoms with Crippen molar-refractivity contribution in [2.24, 2.45) is 0 Å². The molecule has 30 heavy (non-hydrogen) atoms. The molecule has 1 atom stereocenters. The van der Waals surface area contributed by atoms with Crippen molar-refractivity contribution in [3.05, 3.63) is 65.2 Å². The van der Waals surface area contributed by atoms with Crippen LogP contribution in [0.15, 0.2) is 36.7 Å². The van der Waals surface area contributed by atoms with Gasteiger partial charge in [0.05, 0.1) is 18.8 Å². The lowest BCUT2D eigenvalue weighted by molar-refractivity contribution is -0.120. The molecule has 3 aromatic rings. The van der Waals surface area contributed by atoms with Gasteiger partial charge in [-0.15, -0.1) is 5.10 Å². The van der Waals surface area contributed by atoms with Gasteiger partial charge in [0, 0.05) is 19.7 Å². The SMILES string of the molecule is [C-]#[N+]c1ccccc1Cn1cnc(C(=O)N[C@H]2CCn3nc(C)cc3N(C)C2=O)n1. The maximum Gasteiger partial charge on any atom is 0.291 e. The lowest BCUT2D eigenvalue weighted by Gasteiger charge is -2.19. The van der Waals surface area contributed by atoms with Gasteiger partial charge in [-0.25, -0.2) is 19.2 Å². The predicted octanol–water partition coefficient (Wildman–Crippen LogP) is 1.55. The number of hydrogen-bond acceptors (Lipinski definition) is 5. The van der Waals surface area contributed by atoms with Gasteiger partial charge in [-0.3, -0.25) is 14.5 Å². The molecule has 4 rings (SSSR count). The molecule has 1 aromatic carbocycles. The number of carbonyl (C=O) groups excluding carboxylic acids is 2. The van der Waals surface area contributed by atoms with E-state index >= 15 is 0 Å². The highest BCUT2D eigenvalue weighted by Gasteiger charge is 2.31. The van der Waals surface area contributed by atoms with Crippen LogP contribution in [0.1, 0.15) is 28.3 Å². The first-order valence-corrected chi connectivity index (χ1v) is 9.44. The van der Waals surface area contributed by atoms with Crippen molar-refractivity contribution in [1.82, 2.24) is 29.9 Å². The van der Waals surface area contributed by atoms with Crippen LogP contribution < -0.4 is 10.2 Å². The molecule has 0 saturated carbocycles. The van der Waals surface area contributed by atoms with Crippen molar-refractivity contribution in [2.45, 2.75) is 32.5 Å². The number of fused-ring (bicyclic) bond motifs is 1. The summed E-state index contributed by atoms with van der Waals surface area (Å²) < 4.78 is 3.26. The summed E-state index contributed by atoms with van der Waals surface area (Å²) in [5.74, 6) is -0.0548. The molecule has 2 amide bonds. The van der Waals surface area contributed by atoms with Crippen LogP contribution in [0.2, 0.25) is 0 Å². The van der Waals surface area contributed by atoms with E-state index in [9.17, 15) is 9.59 Å². The third kappa shape index (κ3) is 3.65. The monoisotopic (exact) mass is 404 g/mol. The van der Waals surface area contributed by atoms with E-state index in [0.717, 1.165) is 11.3 Å². The molecule has 152 valence electrons. The number of likely N-dealkylation sites (N-methyl/N-ethyl adjacent to an activating group) is 1. The number of aromatic nitrogens is 5. The van der Waals surface area contributed by atoms with Crippen LogP contribution in [0, 0.1) is 13.5 Å². The van der Waals surface area contributed by atoms with Gasteiger partial charge in [0.1, 0.15) is 18.2 Å². The van der Waals surface area contributed by atoms with Crippen molar-refractivity contribution >= 4 is 23.3 Å². The van der Waals surface area contributed by atoms with Gasteiger partial charge in [-0.2, -0.15) is 5.10 Å². The Hall–Kier alpha value is -4.00. The maximum absolute atomic E-state index is 12.8. The Morgan fingerprint density at radius 2 is 2.13 bits per heavy atom. The van der Waals surface area contributed by atoms with E-state index in [1.165, 1.54) is 15.9 Å². The average molecular weight is 404 g/mol. The molecule has 0 saturated heterocycles. The van der Waals surface area contributed by atoms with Crippen LogP contribution in [0.25, 0.3) is 4.85 Å². The van der Waals surface area contributed by atoms with Crippen molar-refractivity contribution in [1.29, 1.82) is 0 Å². The highest BCUT2D eigenvalue weighted by Crippen LogP contribution is 2.21. The summed E-state index contributed by atoms with van der Waals surface area (Å²) in [6, 6.07) is 8.35. The van der Waals surface area contributed by atoms with E-state index in [0.29, 0.717) is 31.0 Å². The number of para-hydroxylation sites is 1. The number of carbonyl (C=O) groups is 2. The summed E-state index contributed by atoms with van der Waals surface area (Å²) in [5.41, 5.74) is 2.15.